The maximum Gasteiger partial charge on any atom is 0.326 e. The van der Waals surface area contributed by atoms with Crippen LogP contribution in [0.15, 0.2) is 0 Å². The second-order valence-electron chi connectivity index (χ2n) is 4.77. The van der Waals surface area contributed by atoms with Crippen LogP contribution in [-0.4, -0.2) is 47.9 Å². The number of rotatable bonds is 7. The molecular formula is C12H22N2O4. The summed E-state index contributed by atoms with van der Waals surface area (Å²) in [6.07, 6.45) is 0.878. The van der Waals surface area contributed by atoms with Gasteiger partial charge in [-0.2, -0.15) is 0 Å². The minimum atomic E-state index is -1.04. The summed E-state index contributed by atoms with van der Waals surface area (Å²) in [4.78, 5) is 35.1. The quantitative estimate of drug-likeness (QED) is 0.695. The number of hydrogen-bond acceptors (Lipinski definition) is 3. The Bertz CT molecular complexity index is 313. The van der Waals surface area contributed by atoms with Crippen LogP contribution in [0.3, 0.4) is 0 Å². The molecular weight excluding hydrogens is 236 g/mol. The van der Waals surface area contributed by atoms with Gasteiger partial charge >= 0.3 is 5.97 Å². The van der Waals surface area contributed by atoms with Gasteiger partial charge in [-0.05, 0) is 12.3 Å². The van der Waals surface area contributed by atoms with Crippen LogP contribution in [0.25, 0.3) is 0 Å². The van der Waals surface area contributed by atoms with Crippen LogP contribution in [0.2, 0.25) is 0 Å². The Kier molecular flexibility index (Phi) is 7.00. The maximum absolute atomic E-state index is 11.5. The smallest absolute Gasteiger partial charge is 0.326 e. The summed E-state index contributed by atoms with van der Waals surface area (Å²) < 4.78 is 0. The lowest BCUT2D eigenvalue weighted by atomic mass is 10.0. The Labute approximate surface area is 107 Å². The molecule has 0 aliphatic carbocycles. The molecule has 0 aliphatic rings. The summed E-state index contributed by atoms with van der Waals surface area (Å²) >= 11 is 0. The highest BCUT2D eigenvalue weighted by atomic mass is 16.4. The summed E-state index contributed by atoms with van der Waals surface area (Å²) in [5, 5.41) is 11.4. The Morgan fingerprint density at radius 1 is 1.17 bits per heavy atom. The largest absolute Gasteiger partial charge is 0.480 e. The molecule has 6 heteroatoms. The van der Waals surface area contributed by atoms with Crippen molar-refractivity contribution in [2.75, 3.05) is 14.1 Å². The number of aliphatic carboxylic acids is 1. The number of carboxylic acid groups (broad SMARTS) is 1. The summed E-state index contributed by atoms with van der Waals surface area (Å²) in [5.74, 6) is -1.58. The summed E-state index contributed by atoms with van der Waals surface area (Å²) in [6.45, 7) is 3.46. The van der Waals surface area contributed by atoms with Crippen molar-refractivity contribution in [1.82, 2.24) is 10.2 Å². The zero-order valence-electron chi connectivity index (χ0n) is 11.4. The Balaban J connectivity index is 4.04. The van der Waals surface area contributed by atoms with E-state index < -0.39 is 12.0 Å². The fourth-order valence-electron chi connectivity index (χ4n) is 1.38. The molecule has 0 heterocycles. The van der Waals surface area contributed by atoms with E-state index in [4.69, 9.17) is 5.11 Å². The van der Waals surface area contributed by atoms with E-state index in [-0.39, 0.29) is 24.2 Å². The number of carbonyl (C=O) groups is 3. The second kappa shape index (κ2) is 7.68. The first kappa shape index (κ1) is 16.4. The Morgan fingerprint density at radius 2 is 1.72 bits per heavy atom. The molecule has 0 unspecified atom stereocenters. The highest BCUT2D eigenvalue weighted by Gasteiger charge is 2.23. The minimum Gasteiger partial charge on any atom is -0.480 e. The van der Waals surface area contributed by atoms with Gasteiger partial charge in [0.05, 0.1) is 0 Å². The molecule has 2 N–H and O–H groups in total. The molecule has 1 atom stereocenters. The van der Waals surface area contributed by atoms with Crippen molar-refractivity contribution < 1.29 is 19.5 Å². The molecule has 6 nitrogen and oxygen atoms in total. The highest BCUT2D eigenvalue weighted by molar-refractivity contribution is 5.84. The third-order valence-corrected chi connectivity index (χ3v) is 2.54. The van der Waals surface area contributed by atoms with E-state index in [9.17, 15) is 14.4 Å². The molecule has 0 aromatic rings. The van der Waals surface area contributed by atoms with Crippen LogP contribution in [0.4, 0.5) is 0 Å². The molecule has 104 valence electrons. The van der Waals surface area contributed by atoms with Gasteiger partial charge in [-0.1, -0.05) is 13.8 Å². The normalized spacial score (nSPS) is 12.1. The molecule has 0 aromatic heterocycles. The number of nitrogens with one attached hydrogen (secondary N) is 1. The zero-order chi connectivity index (χ0) is 14.3. The van der Waals surface area contributed by atoms with Gasteiger partial charge in [0.1, 0.15) is 6.04 Å². The van der Waals surface area contributed by atoms with Crippen molar-refractivity contribution in [1.29, 1.82) is 0 Å². The van der Waals surface area contributed by atoms with E-state index in [2.05, 4.69) is 5.32 Å². The van der Waals surface area contributed by atoms with Gasteiger partial charge < -0.3 is 15.3 Å². The van der Waals surface area contributed by atoms with Gasteiger partial charge in [0.25, 0.3) is 0 Å². The molecule has 0 spiro atoms. The van der Waals surface area contributed by atoms with Crippen molar-refractivity contribution >= 4 is 17.8 Å². The molecule has 0 saturated heterocycles. The van der Waals surface area contributed by atoms with Gasteiger partial charge in [-0.25, -0.2) is 4.79 Å². The van der Waals surface area contributed by atoms with Crippen LogP contribution in [0, 0.1) is 5.92 Å². The monoisotopic (exact) mass is 258 g/mol. The van der Waals surface area contributed by atoms with Gasteiger partial charge in [0.2, 0.25) is 11.8 Å². The van der Waals surface area contributed by atoms with Gasteiger partial charge in [0.15, 0.2) is 0 Å². The van der Waals surface area contributed by atoms with Crippen LogP contribution in [0.5, 0.6) is 0 Å². The number of hydrogen-bond donors (Lipinski definition) is 2. The lowest BCUT2D eigenvalue weighted by Crippen LogP contribution is -2.44. The fourth-order valence-corrected chi connectivity index (χ4v) is 1.38. The third-order valence-electron chi connectivity index (χ3n) is 2.54. The molecule has 2 amide bonds. The molecule has 0 aliphatic heterocycles. The lowest BCUT2D eigenvalue weighted by molar-refractivity contribution is -0.143. The highest BCUT2D eigenvalue weighted by Crippen LogP contribution is 2.04. The van der Waals surface area contributed by atoms with Crippen molar-refractivity contribution in [3.05, 3.63) is 0 Å². The molecule has 0 saturated carbocycles. The third kappa shape index (κ3) is 6.22. The molecule has 0 radical (unpaired) electrons. The maximum atomic E-state index is 11.5. The van der Waals surface area contributed by atoms with Gasteiger partial charge in [-0.15, -0.1) is 0 Å². The molecule has 18 heavy (non-hydrogen) atoms. The number of carboxylic acids is 1. The van der Waals surface area contributed by atoms with Crippen molar-refractivity contribution in [2.24, 2.45) is 5.92 Å². The van der Waals surface area contributed by atoms with Gasteiger partial charge in [0, 0.05) is 26.9 Å². The van der Waals surface area contributed by atoms with E-state index in [0.29, 0.717) is 12.8 Å². The van der Waals surface area contributed by atoms with E-state index in [0.717, 1.165) is 0 Å². The molecule has 0 bridgehead atoms. The van der Waals surface area contributed by atoms with Crippen molar-refractivity contribution in [2.45, 2.75) is 39.2 Å². The van der Waals surface area contributed by atoms with Crippen LogP contribution in [0.1, 0.15) is 33.1 Å². The van der Waals surface area contributed by atoms with E-state index in [1.165, 1.54) is 4.90 Å². The first-order valence-corrected chi connectivity index (χ1v) is 5.98. The van der Waals surface area contributed by atoms with E-state index >= 15 is 0 Å². The topological polar surface area (TPSA) is 86.7 Å². The molecule has 0 rings (SSSR count). The number of nitrogens with zero attached hydrogens (tertiary/aromatic N) is 1. The summed E-state index contributed by atoms with van der Waals surface area (Å²) in [7, 11) is 3.31. The fraction of sp³-hybridized carbons (Fsp3) is 0.750. The molecule has 0 aromatic carbocycles. The summed E-state index contributed by atoms with van der Waals surface area (Å²) in [5.41, 5.74) is 0. The van der Waals surface area contributed by atoms with Crippen LogP contribution < -0.4 is 5.32 Å². The average molecular weight is 258 g/mol. The predicted octanol–water partition coefficient (Wildman–Crippen LogP) is 0.470. The van der Waals surface area contributed by atoms with Crippen LogP contribution in [-0.2, 0) is 14.4 Å². The van der Waals surface area contributed by atoms with E-state index in [1.54, 1.807) is 27.9 Å². The minimum absolute atomic E-state index is 0.0403. The van der Waals surface area contributed by atoms with Crippen LogP contribution >= 0.6 is 0 Å². The number of carbonyl (C=O) groups excluding carboxylic acids is 2. The second-order valence-corrected chi connectivity index (χ2v) is 4.77. The summed E-state index contributed by atoms with van der Waals surface area (Å²) in [6, 6.07) is -0.873. The van der Waals surface area contributed by atoms with Crippen molar-refractivity contribution in [3.8, 4) is 0 Å². The van der Waals surface area contributed by atoms with Gasteiger partial charge in [-0.3, -0.25) is 9.59 Å². The SMILES string of the molecule is CC(C)[C@H](NC(=O)CCCC(=O)N(C)C)C(=O)O. The first-order valence-electron chi connectivity index (χ1n) is 5.98. The lowest BCUT2D eigenvalue weighted by Gasteiger charge is -2.17. The first-order chi connectivity index (χ1) is 8.25. The van der Waals surface area contributed by atoms with Crippen molar-refractivity contribution in [3.63, 3.8) is 0 Å². The zero-order valence-corrected chi connectivity index (χ0v) is 11.4. The molecule has 0 fully saturated rings. The predicted molar refractivity (Wildman–Crippen MR) is 66.9 cm³/mol. The van der Waals surface area contributed by atoms with E-state index in [1.807, 2.05) is 0 Å². The Morgan fingerprint density at radius 3 is 2.11 bits per heavy atom. The standard InChI is InChI=1S/C12H22N2O4/c1-8(2)11(12(17)18)13-9(15)6-5-7-10(16)14(3)4/h8,11H,5-7H2,1-4H3,(H,13,15)(H,17,18)/t11-/m0/s1. The number of amides is 2. The Hall–Kier alpha value is -1.59. The average Bonchev–Trinajstić information content (AvgIpc) is 2.24.